The minimum absolute atomic E-state index is 0.0280. The lowest BCUT2D eigenvalue weighted by Gasteiger charge is -2.09. The summed E-state index contributed by atoms with van der Waals surface area (Å²) >= 11 is 5.97. The normalized spacial score (nSPS) is 10.5. The zero-order valence-electron chi connectivity index (χ0n) is 12.8. The predicted molar refractivity (Wildman–Crippen MR) is 95.0 cm³/mol. The second kappa shape index (κ2) is 7.14. The molecule has 0 aliphatic carbocycles. The molecule has 0 spiro atoms. The zero-order chi connectivity index (χ0) is 16.9. The lowest BCUT2D eigenvalue weighted by molar-refractivity contribution is 0.477. The van der Waals surface area contributed by atoms with Gasteiger partial charge in [0.1, 0.15) is 5.75 Å². The topological polar surface area (TPSA) is 97.0 Å². The summed E-state index contributed by atoms with van der Waals surface area (Å²) in [7, 11) is 0. The van der Waals surface area contributed by atoms with E-state index in [4.69, 9.17) is 17.3 Å². The molecule has 1 heterocycles. The van der Waals surface area contributed by atoms with E-state index < -0.39 is 0 Å². The van der Waals surface area contributed by atoms with Crippen LogP contribution in [0.3, 0.4) is 0 Å². The SMILES string of the molecule is Nc1nc(NCCc2ccccc2)nc(-c2cc(Cl)ccc2O)n1. The number of aromatic hydroxyl groups is 1. The Balaban J connectivity index is 1.78. The van der Waals surface area contributed by atoms with E-state index in [2.05, 4.69) is 32.4 Å². The highest BCUT2D eigenvalue weighted by Gasteiger charge is 2.11. The average Bonchev–Trinajstić information content (AvgIpc) is 2.57. The van der Waals surface area contributed by atoms with Crippen LogP contribution in [-0.4, -0.2) is 26.6 Å². The van der Waals surface area contributed by atoms with Gasteiger partial charge in [-0.05, 0) is 30.2 Å². The molecule has 3 rings (SSSR count). The Hall–Kier alpha value is -2.86. The fourth-order valence-electron chi connectivity index (χ4n) is 2.24. The second-order valence-electron chi connectivity index (χ2n) is 5.16. The molecular formula is C17H16ClN5O. The van der Waals surface area contributed by atoms with Crippen molar-refractivity contribution in [1.82, 2.24) is 15.0 Å². The van der Waals surface area contributed by atoms with Gasteiger partial charge in [-0.25, -0.2) is 0 Å². The van der Waals surface area contributed by atoms with Gasteiger partial charge in [0.2, 0.25) is 11.9 Å². The van der Waals surface area contributed by atoms with Gasteiger partial charge in [0.25, 0.3) is 0 Å². The van der Waals surface area contributed by atoms with Crippen LogP contribution in [0.15, 0.2) is 48.5 Å². The van der Waals surface area contributed by atoms with Gasteiger partial charge in [-0.15, -0.1) is 0 Å². The molecular weight excluding hydrogens is 326 g/mol. The van der Waals surface area contributed by atoms with Gasteiger partial charge in [0, 0.05) is 11.6 Å². The van der Waals surface area contributed by atoms with Crippen LogP contribution < -0.4 is 11.1 Å². The summed E-state index contributed by atoms with van der Waals surface area (Å²) in [6.07, 6.45) is 0.824. The number of nitrogens with zero attached hydrogens (tertiary/aromatic N) is 3. The van der Waals surface area contributed by atoms with Crippen LogP contribution in [0.4, 0.5) is 11.9 Å². The van der Waals surface area contributed by atoms with E-state index in [0.29, 0.717) is 23.1 Å². The molecule has 24 heavy (non-hydrogen) atoms. The maximum Gasteiger partial charge on any atom is 0.228 e. The molecule has 122 valence electrons. The van der Waals surface area contributed by atoms with Gasteiger partial charge >= 0.3 is 0 Å². The van der Waals surface area contributed by atoms with E-state index in [1.807, 2.05) is 18.2 Å². The van der Waals surface area contributed by atoms with E-state index in [1.54, 1.807) is 12.1 Å². The summed E-state index contributed by atoms with van der Waals surface area (Å²) in [5.74, 6) is 0.722. The standard InChI is InChI=1S/C17H16ClN5O/c18-12-6-7-14(24)13(10-12)15-21-16(19)23-17(22-15)20-9-8-11-4-2-1-3-5-11/h1-7,10,24H,8-9H2,(H3,19,20,21,22,23). The molecule has 4 N–H and O–H groups in total. The molecule has 7 heteroatoms. The number of benzene rings is 2. The fourth-order valence-corrected chi connectivity index (χ4v) is 2.41. The molecule has 2 aromatic carbocycles. The Labute approximate surface area is 144 Å². The number of anilines is 2. The Bertz CT molecular complexity index is 842. The van der Waals surface area contributed by atoms with Gasteiger partial charge in [0.15, 0.2) is 5.82 Å². The monoisotopic (exact) mass is 341 g/mol. The molecule has 0 aliphatic rings. The van der Waals surface area contributed by atoms with Crippen LogP contribution in [0.1, 0.15) is 5.56 Å². The van der Waals surface area contributed by atoms with E-state index in [9.17, 15) is 5.11 Å². The summed E-state index contributed by atoms with van der Waals surface area (Å²) in [6.45, 7) is 0.647. The molecule has 0 bridgehead atoms. The van der Waals surface area contributed by atoms with Crippen molar-refractivity contribution in [3.63, 3.8) is 0 Å². The minimum atomic E-state index is 0.0280. The molecule has 6 nitrogen and oxygen atoms in total. The first-order valence-electron chi connectivity index (χ1n) is 7.40. The molecule has 1 aromatic heterocycles. The smallest absolute Gasteiger partial charge is 0.228 e. The minimum Gasteiger partial charge on any atom is -0.507 e. The summed E-state index contributed by atoms with van der Waals surface area (Å²) in [5.41, 5.74) is 7.36. The summed E-state index contributed by atoms with van der Waals surface area (Å²) in [4.78, 5) is 12.4. The third-order valence-electron chi connectivity index (χ3n) is 3.39. The average molecular weight is 342 g/mol. The molecule has 0 fully saturated rings. The third kappa shape index (κ3) is 3.91. The summed E-state index contributed by atoms with van der Waals surface area (Å²) in [5, 5.41) is 13.6. The van der Waals surface area contributed by atoms with Crippen LogP contribution in [0, 0.1) is 0 Å². The summed E-state index contributed by atoms with van der Waals surface area (Å²) < 4.78 is 0. The molecule has 0 aliphatic heterocycles. The molecule has 0 atom stereocenters. The van der Waals surface area contributed by atoms with Crippen LogP contribution in [-0.2, 0) is 6.42 Å². The van der Waals surface area contributed by atoms with Crippen molar-refractivity contribution in [3.05, 3.63) is 59.1 Å². The van der Waals surface area contributed by atoms with Crippen molar-refractivity contribution in [3.8, 4) is 17.1 Å². The number of nitrogen functional groups attached to an aromatic ring is 1. The van der Waals surface area contributed by atoms with Crippen molar-refractivity contribution >= 4 is 23.5 Å². The van der Waals surface area contributed by atoms with Crippen LogP contribution in [0.5, 0.6) is 5.75 Å². The van der Waals surface area contributed by atoms with Gasteiger partial charge in [-0.2, -0.15) is 15.0 Å². The number of nitrogens with two attached hydrogens (primary N) is 1. The van der Waals surface area contributed by atoms with Crippen molar-refractivity contribution in [2.24, 2.45) is 0 Å². The maximum atomic E-state index is 9.97. The van der Waals surface area contributed by atoms with E-state index in [-0.39, 0.29) is 17.5 Å². The Morgan fingerprint density at radius 3 is 2.62 bits per heavy atom. The number of nitrogens with one attached hydrogen (secondary N) is 1. The molecule has 0 unspecified atom stereocenters. The number of hydrogen-bond acceptors (Lipinski definition) is 6. The zero-order valence-corrected chi connectivity index (χ0v) is 13.5. The Morgan fingerprint density at radius 2 is 1.83 bits per heavy atom. The number of phenols is 1. The first-order chi connectivity index (χ1) is 11.6. The van der Waals surface area contributed by atoms with Gasteiger partial charge < -0.3 is 16.2 Å². The van der Waals surface area contributed by atoms with E-state index >= 15 is 0 Å². The van der Waals surface area contributed by atoms with Crippen LogP contribution in [0.25, 0.3) is 11.4 Å². The van der Waals surface area contributed by atoms with E-state index in [0.717, 1.165) is 6.42 Å². The predicted octanol–water partition coefficient (Wildman–Crippen LogP) is 3.13. The van der Waals surface area contributed by atoms with Crippen LogP contribution in [0.2, 0.25) is 5.02 Å². The molecule has 0 saturated carbocycles. The van der Waals surface area contributed by atoms with E-state index in [1.165, 1.54) is 11.6 Å². The number of aromatic nitrogens is 3. The highest BCUT2D eigenvalue weighted by molar-refractivity contribution is 6.30. The number of phenolic OH excluding ortho intramolecular Hbond substituents is 1. The Morgan fingerprint density at radius 1 is 1.04 bits per heavy atom. The lowest BCUT2D eigenvalue weighted by Crippen LogP contribution is -2.11. The highest BCUT2D eigenvalue weighted by Crippen LogP contribution is 2.29. The van der Waals surface area contributed by atoms with Crippen LogP contribution >= 0.6 is 11.6 Å². The molecule has 0 radical (unpaired) electrons. The fraction of sp³-hybridized carbons (Fsp3) is 0.118. The van der Waals surface area contributed by atoms with Gasteiger partial charge in [0.05, 0.1) is 5.56 Å². The number of hydrogen-bond donors (Lipinski definition) is 3. The van der Waals surface area contributed by atoms with Gasteiger partial charge in [-0.1, -0.05) is 41.9 Å². The maximum absolute atomic E-state index is 9.97. The van der Waals surface area contributed by atoms with Gasteiger partial charge in [-0.3, -0.25) is 0 Å². The summed E-state index contributed by atoms with van der Waals surface area (Å²) in [6, 6.07) is 14.7. The third-order valence-corrected chi connectivity index (χ3v) is 3.63. The van der Waals surface area contributed by atoms with Crippen molar-refractivity contribution < 1.29 is 5.11 Å². The molecule has 0 amide bonds. The quantitative estimate of drug-likeness (QED) is 0.659. The molecule has 3 aromatic rings. The number of rotatable bonds is 5. The second-order valence-corrected chi connectivity index (χ2v) is 5.60. The highest BCUT2D eigenvalue weighted by atomic mass is 35.5. The Kier molecular flexibility index (Phi) is 4.77. The first kappa shape index (κ1) is 16.0. The number of halogens is 1. The van der Waals surface area contributed by atoms with Crippen molar-refractivity contribution in [2.45, 2.75) is 6.42 Å². The lowest BCUT2D eigenvalue weighted by atomic mass is 10.1. The van der Waals surface area contributed by atoms with Crippen molar-refractivity contribution in [2.75, 3.05) is 17.6 Å². The largest absolute Gasteiger partial charge is 0.507 e. The molecule has 0 saturated heterocycles. The first-order valence-corrected chi connectivity index (χ1v) is 7.78. The van der Waals surface area contributed by atoms with Crippen molar-refractivity contribution in [1.29, 1.82) is 0 Å².